The summed E-state index contributed by atoms with van der Waals surface area (Å²) in [6, 6.07) is 56.9. The third-order valence-electron chi connectivity index (χ3n) is 17.1. The molecule has 1 unspecified atom stereocenters. The van der Waals surface area contributed by atoms with Crippen molar-refractivity contribution in [1.82, 2.24) is 20.2 Å². The maximum atomic E-state index is 12.6. The van der Waals surface area contributed by atoms with E-state index in [1.165, 1.54) is 122 Å². The van der Waals surface area contributed by atoms with Gasteiger partial charge in [-0.05, 0) is 239 Å². The predicted octanol–water partition coefficient (Wildman–Crippen LogP) is 14.1. The van der Waals surface area contributed by atoms with E-state index in [2.05, 4.69) is 188 Å². The minimum atomic E-state index is -1.00. The number of carbonyl (C=O) groups excluding carboxylic acids is 4. The number of aliphatic carboxylic acids is 1. The van der Waals surface area contributed by atoms with Crippen LogP contribution in [-0.2, 0) is 28.9 Å². The maximum absolute atomic E-state index is 12.6. The van der Waals surface area contributed by atoms with E-state index in [1.807, 2.05) is 94.6 Å². The molecule has 1 atom stereocenters. The van der Waals surface area contributed by atoms with Gasteiger partial charge in [-0.15, -0.1) is 39.9 Å². The van der Waals surface area contributed by atoms with E-state index < -0.39 is 18.4 Å². The van der Waals surface area contributed by atoms with Gasteiger partial charge in [0.15, 0.2) is 9.88 Å². The van der Waals surface area contributed by atoms with Crippen LogP contribution in [0.15, 0.2) is 174 Å². The van der Waals surface area contributed by atoms with E-state index in [0.29, 0.717) is 21.6 Å². The second-order valence-electron chi connectivity index (χ2n) is 25.5. The summed E-state index contributed by atoms with van der Waals surface area (Å²) in [6.07, 6.45) is 7.80. The molecule has 4 aliphatic rings. The smallest absolute Gasteiger partial charge is 1.00 e. The number of nitrogens with zero attached hydrogens (tertiary/aromatic N) is 4. The average Bonchev–Trinajstić information content (AvgIpc) is 1.67. The molecule has 14 rings (SSSR count). The molecule has 10 N–H and O–H groups in total. The van der Waals surface area contributed by atoms with E-state index in [1.54, 1.807) is 0 Å². The zero-order valence-electron chi connectivity index (χ0n) is 66.6. The van der Waals surface area contributed by atoms with Crippen molar-refractivity contribution in [3.63, 3.8) is 0 Å². The van der Waals surface area contributed by atoms with Gasteiger partial charge >= 0.3 is 103 Å². The Morgan fingerprint density at radius 2 is 1.05 bits per heavy atom. The molecule has 0 spiro atoms. The minimum absolute atomic E-state index is 0. The Morgan fingerprint density at radius 1 is 0.673 bits per heavy atom. The molecule has 594 valence electrons. The fourth-order valence-corrected chi connectivity index (χ4v) is 13.1. The number of rotatable bonds is 13. The van der Waals surface area contributed by atoms with Crippen LogP contribution in [0.4, 0.5) is 27.1 Å². The van der Waals surface area contributed by atoms with E-state index >= 15 is 0 Å². The van der Waals surface area contributed by atoms with Crippen molar-refractivity contribution in [2.75, 3.05) is 51.6 Å². The number of thiocarbonyl (C=S) groups is 1. The first-order chi connectivity index (χ1) is 53.1. The number of fused-ring (bicyclic) bond motifs is 3. The van der Waals surface area contributed by atoms with Crippen molar-refractivity contribution in [1.29, 1.82) is 0 Å². The summed E-state index contributed by atoms with van der Waals surface area (Å²) in [5, 5.41) is 49.4. The molecule has 0 bridgehead atoms. The summed E-state index contributed by atoms with van der Waals surface area (Å²) in [5.74, 6) is 7.87. The van der Waals surface area contributed by atoms with Crippen LogP contribution in [-0.4, -0.2) is 95.1 Å². The van der Waals surface area contributed by atoms with Crippen LogP contribution < -0.4 is 141 Å². The zero-order chi connectivity index (χ0) is 81.9. The largest absolute Gasteiger partial charge is 1.00 e. The summed E-state index contributed by atoms with van der Waals surface area (Å²) in [7, 11) is -1.00. The Bertz CT molecular complexity index is 4940. The molecule has 2 amide bonds. The van der Waals surface area contributed by atoms with E-state index in [0.717, 1.165) is 80.5 Å². The second-order valence-corrected chi connectivity index (χ2v) is 29.1. The molecule has 19 nitrogen and oxygen atoms in total. The van der Waals surface area contributed by atoms with Gasteiger partial charge in [0, 0.05) is 40.4 Å². The van der Waals surface area contributed by atoms with E-state index in [4.69, 9.17) is 104 Å². The number of nitrogens with two attached hydrogens (primary N) is 2. The number of hydrazine groups is 1. The molecule has 3 fully saturated rings. The second kappa shape index (κ2) is 54.5. The summed E-state index contributed by atoms with van der Waals surface area (Å²) in [5.41, 5.74) is 26.3. The first-order valence-electron chi connectivity index (χ1n) is 35.4. The summed E-state index contributed by atoms with van der Waals surface area (Å²) >= 11 is 34.9. The molecule has 0 saturated heterocycles. The Hall–Kier alpha value is -5.52. The van der Waals surface area contributed by atoms with Crippen molar-refractivity contribution in [2.45, 2.75) is 132 Å². The molecule has 10 aromatic rings. The van der Waals surface area contributed by atoms with E-state index in [9.17, 15) is 18.8 Å². The number of carboxylic acid groups (broad SMARTS) is 1. The summed E-state index contributed by atoms with van der Waals surface area (Å²) in [4.78, 5) is 53.4. The first kappa shape index (κ1) is 102. The number of amides is 2. The number of aryl methyl sites for hydroxylation is 7. The third kappa shape index (κ3) is 34.2. The van der Waals surface area contributed by atoms with Crippen molar-refractivity contribution in [3.8, 4) is 5.69 Å². The fourth-order valence-electron chi connectivity index (χ4n) is 11.7. The predicted molar refractivity (Wildman–Crippen MR) is 471 cm³/mol. The van der Waals surface area contributed by atoms with Crippen LogP contribution in [0.1, 0.15) is 148 Å². The Balaban J connectivity index is 0.000000702. The number of nitrogens with one attached hydrogen (secondary N) is 5. The molecule has 30 heteroatoms. The van der Waals surface area contributed by atoms with Crippen LogP contribution >= 0.6 is 95.2 Å². The molecule has 3 aliphatic carbocycles. The number of benzene rings is 9. The number of thiol groups is 1. The molecular formula is C83H98Cl4FK2N11O8S4. The van der Waals surface area contributed by atoms with Gasteiger partial charge in [-0.1, -0.05) is 169 Å². The number of halogens is 5. The molecule has 0 radical (unpaired) electrons. The van der Waals surface area contributed by atoms with Crippen LogP contribution in [0.5, 0.6) is 0 Å². The Labute approximate surface area is 790 Å². The molecule has 9 aromatic carbocycles. The molecule has 113 heavy (non-hydrogen) atoms. The monoisotopic (exact) mass is 1740 g/mol. The number of nitrogen functional groups attached to an aromatic ring is 1. The summed E-state index contributed by atoms with van der Waals surface area (Å²) < 4.78 is 18.2. The first-order valence-corrected chi connectivity index (χ1v) is 39.1. The summed E-state index contributed by atoms with van der Waals surface area (Å²) in [6.45, 7) is 17.0. The number of aromatic nitrogens is 3. The number of thioether (sulfide) groups is 1. The van der Waals surface area contributed by atoms with Crippen LogP contribution in [0.2, 0.25) is 0 Å². The van der Waals surface area contributed by atoms with Gasteiger partial charge in [0.2, 0.25) is 17.1 Å². The normalized spacial score (nSPS) is 13.0. The number of H-pyrrole nitrogens is 1. The van der Waals surface area contributed by atoms with E-state index in [-0.39, 0.29) is 153 Å². The topological polar surface area (TPSA) is 296 Å². The number of anilines is 4. The van der Waals surface area contributed by atoms with Gasteiger partial charge in [0.25, 0.3) is 12.4 Å². The van der Waals surface area contributed by atoms with Crippen molar-refractivity contribution < 1.29 is 149 Å². The molecule has 3 saturated carbocycles. The van der Waals surface area contributed by atoms with Crippen LogP contribution in [0, 0.1) is 53.2 Å². The number of carboxylic acids is 1. The van der Waals surface area contributed by atoms with Crippen molar-refractivity contribution >= 4 is 196 Å². The molecule has 1 aliphatic heterocycles. The number of alkyl halides is 4. The molecular weight excluding hydrogens is 1650 g/mol. The molecule has 2 heterocycles. The SMILES string of the molecule is C.CC(=O)O.CC1=NN=C(SCC(=O)Nc2ccc(C)cc2C)C1c1ccc(C2CC2)c2ccccc12.Cc1ccc(N)c(C)c1.Cc1ccc(NC(=O)CS)c(C)c1.Cc1n[nH]c(=S)n1-c1ccc(C2CC2)c2ccccc12.ClCCl.NNC(=S)Nc1ccc(C2CC2)c2ccccc12.O=C(Cl)CCl.O=CO[O-].[2H]CF.[H-].[K+].[K+]. The van der Waals surface area contributed by atoms with Gasteiger partial charge in [-0.25, -0.2) is 5.84 Å². The molecule has 1 aromatic heterocycles. The van der Waals surface area contributed by atoms with Crippen molar-refractivity contribution in [2.24, 2.45) is 16.0 Å². The van der Waals surface area contributed by atoms with Gasteiger partial charge in [-0.3, -0.25) is 38.0 Å². The minimum Gasteiger partial charge on any atom is -1.00 e. The van der Waals surface area contributed by atoms with Crippen molar-refractivity contribution in [3.05, 3.63) is 230 Å². The van der Waals surface area contributed by atoms with Crippen LogP contribution in [0.25, 0.3) is 38.0 Å². The number of hydrogen-bond donors (Lipinski definition) is 9. The average molecular weight is 1750 g/mol. The standard InChI is InChI=1S/C27H27N3OS.C16H15N3S.C14H15N3S.C10H13NOS.C8H11N.C2H2Cl2O.C2H4O2.CH2Cl2.CH3F.CH2O3.CH4.2K.H/c1-16-8-13-24(17(2)14-16)28-25(31)15-32-27-26(18(3)29-30-27)23-12-11-20(19-9-10-19)21-6-4-5-7-22(21)23;1-10-17-18-16(20)19(10)15-9-8-12(11-6-7-11)13-4-2-3-5-14(13)15;15-17-14(18)16-13-8-7-10(9-5-6-9)11-3-1-2-4-12(11)13;1-7-3-4-9(8(2)5-7)11-10(12)6-13;1-6-3-4-8(9)7(2)5-6;3-1-2(4)5;1-2(3)4;2-1-3;1-2;2-1-4-3;;;;/h4-8,11-14,19,26H,9-10,15H2,1-3H3,(H,28,31);2-5,8-9,11H,6-7H2,1H3,(H,18,20);1-4,7-9H,5-6,15H2,(H2,16,17,18);3-5,13H,6H2,1-2H3,(H,11,12);3-5H,9H2,1-2H3;1H2;1H3,(H,3,4);1H2;1H3;1,3H;1H4;;;/q;;;;;;;;;;;2*+1;-1/p-1/i;;;;;;;;1D;;;;;. The Kier molecular flexibility index (Phi) is 49.0. The maximum Gasteiger partial charge on any atom is 1.00 e. The number of aromatic amines is 1. The van der Waals surface area contributed by atoms with Gasteiger partial charge in [0.05, 0.1) is 48.6 Å². The third-order valence-corrected chi connectivity index (χ3v) is 19.4. The van der Waals surface area contributed by atoms with Gasteiger partial charge in [0.1, 0.15) is 10.9 Å². The zero-order valence-corrected chi connectivity index (χ0v) is 77.2. The Morgan fingerprint density at radius 3 is 1.45 bits per heavy atom. The quantitative estimate of drug-likeness (QED) is 0.00495. The van der Waals surface area contributed by atoms with Gasteiger partial charge in [-0.2, -0.15) is 22.8 Å². The fraction of sp³-hybridized carbons (Fsp3) is 0.301. The van der Waals surface area contributed by atoms with Crippen LogP contribution in [0.3, 0.4) is 0 Å². The number of carbonyl (C=O) groups is 5. The number of hydrogen-bond acceptors (Lipinski definition) is 16. The van der Waals surface area contributed by atoms with Gasteiger partial charge < -0.3 is 43.8 Å².